The van der Waals surface area contributed by atoms with Gasteiger partial charge in [-0.05, 0) is 24.8 Å². The molecule has 1 aliphatic carbocycles. The molecule has 2 fully saturated rings. The first-order valence-electron chi connectivity index (χ1n) is 6.14. The molecular formula is C13H18N2O2. The van der Waals surface area contributed by atoms with Gasteiger partial charge in [-0.2, -0.15) is 0 Å². The molecule has 2 heterocycles. The summed E-state index contributed by atoms with van der Waals surface area (Å²) in [5, 5.41) is 10.2. The van der Waals surface area contributed by atoms with Gasteiger partial charge in [0.05, 0.1) is 12.7 Å². The van der Waals surface area contributed by atoms with Crippen LogP contribution < -0.4 is 4.74 Å². The zero-order chi connectivity index (χ0) is 11.9. The maximum Gasteiger partial charge on any atom is 0.217 e. The van der Waals surface area contributed by atoms with E-state index in [9.17, 15) is 5.11 Å². The van der Waals surface area contributed by atoms with Crippen molar-refractivity contribution in [3.8, 4) is 5.88 Å². The van der Waals surface area contributed by atoms with Gasteiger partial charge in [0.2, 0.25) is 5.88 Å². The molecule has 1 aromatic rings. The van der Waals surface area contributed by atoms with Crippen LogP contribution in [-0.2, 0) is 6.54 Å². The summed E-state index contributed by atoms with van der Waals surface area (Å²) in [6, 6.07) is 3.95. The topological polar surface area (TPSA) is 45.6 Å². The number of aromatic nitrogens is 1. The quantitative estimate of drug-likeness (QED) is 0.845. The highest BCUT2D eigenvalue weighted by molar-refractivity contribution is 5.26. The number of hydrogen-bond donors (Lipinski definition) is 1. The minimum atomic E-state index is -0.407. The van der Waals surface area contributed by atoms with Gasteiger partial charge in [-0.15, -0.1) is 0 Å². The lowest BCUT2D eigenvalue weighted by Gasteiger charge is -2.47. The first-order valence-corrected chi connectivity index (χ1v) is 6.14. The SMILES string of the molecule is COc1ncccc1CN1CC(O)(C2CC2)C1. The largest absolute Gasteiger partial charge is 0.481 e. The number of hydrogen-bond acceptors (Lipinski definition) is 4. The summed E-state index contributed by atoms with van der Waals surface area (Å²) in [4.78, 5) is 6.43. The Hall–Kier alpha value is -1.13. The van der Waals surface area contributed by atoms with Crippen molar-refractivity contribution >= 4 is 0 Å². The van der Waals surface area contributed by atoms with Crippen molar-refractivity contribution in [2.24, 2.45) is 5.92 Å². The summed E-state index contributed by atoms with van der Waals surface area (Å²) < 4.78 is 5.23. The molecule has 2 aliphatic rings. The minimum absolute atomic E-state index is 0.407. The second-order valence-electron chi connectivity index (χ2n) is 5.19. The van der Waals surface area contributed by atoms with Gasteiger partial charge in [-0.25, -0.2) is 4.98 Å². The highest BCUT2D eigenvalue weighted by Gasteiger charge is 2.51. The molecule has 0 aromatic carbocycles. The van der Waals surface area contributed by atoms with Crippen LogP contribution >= 0.6 is 0 Å². The van der Waals surface area contributed by atoms with E-state index in [-0.39, 0.29) is 0 Å². The van der Waals surface area contributed by atoms with E-state index in [1.807, 2.05) is 12.1 Å². The molecule has 1 saturated carbocycles. The molecular weight excluding hydrogens is 216 g/mol. The fourth-order valence-corrected chi connectivity index (χ4v) is 2.69. The van der Waals surface area contributed by atoms with Gasteiger partial charge >= 0.3 is 0 Å². The second-order valence-corrected chi connectivity index (χ2v) is 5.19. The molecule has 1 N–H and O–H groups in total. The van der Waals surface area contributed by atoms with Crippen molar-refractivity contribution in [2.75, 3.05) is 20.2 Å². The Morgan fingerprint density at radius 3 is 2.94 bits per heavy atom. The van der Waals surface area contributed by atoms with Crippen LogP contribution in [0.15, 0.2) is 18.3 Å². The third-order valence-electron chi connectivity index (χ3n) is 3.77. The molecule has 0 amide bonds. The number of likely N-dealkylation sites (tertiary alicyclic amines) is 1. The summed E-state index contributed by atoms with van der Waals surface area (Å²) >= 11 is 0. The number of methoxy groups -OCH3 is 1. The molecule has 3 rings (SSSR count). The van der Waals surface area contributed by atoms with Crippen molar-refractivity contribution in [2.45, 2.75) is 25.0 Å². The van der Waals surface area contributed by atoms with Crippen molar-refractivity contribution in [3.05, 3.63) is 23.9 Å². The predicted molar refractivity (Wildman–Crippen MR) is 63.7 cm³/mol. The van der Waals surface area contributed by atoms with Crippen LogP contribution in [0.2, 0.25) is 0 Å². The molecule has 0 bridgehead atoms. The Balaban J connectivity index is 1.61. The number of rotatable bonds is 4. The van der Waals surface area contributed by atoms with Gasteiger partial charge in [0.1, 0.15) is 0 Å². The van der Waals surface area contributed by atoms with Gasteiger partial charge in [0.25, 0.3) is 0 Å². The van der Waals surface area contributed by atoms with E-state index >= 15 is 0 Å². The van der Waals surface area contributed by atoms with E-state index in [0.717, 1.165) is 25.2 Å². The fourth-order valence-electron chi connectivity index (χ4n) is 2.69. The van der Waals surface area contributed by atoms with E-state index in [1.54, 1.807) is 13.3 Å². The van der Waals surface area contributed by atoms with Gasteiger partial charge in [-0.3, -0.25) is 4.90 Å². The molecule has 0 atom stereocenters. The molecule has 1 aliphatic heterocycles. The van der Waals surface area contributed by atoms with Crippen LogP contribution in [0.25, 0.3) is 0 Å². The molecule has 1 aromatic heterocycles. The highest BCUT2D eigenvalue weighted by Crippen LogP contribution is 2.44. The van der Waals surface area contributed by atoms with Gasteiger partial charge in [-0.1, -0.05) is 6.07 Å². The fraction of sp³-hybridized carbons (Fsp3) is 0.615. The molecule has 1 saturated heterocycles. The Morgan fingerprint density at radius 2 is 2.29 bits per heavy atom. The van der Waals surface area contributed by atoms with E-state index in [4.69, 9.17) is 4.74 Å². The van der Waals surface area contributed by atoms with Crippen LogP contribution in [-0.4, -0.2) is 40.8 Å². The average molecular weight is 234 g/mol. The highest BCUT2D eigenvalue weighted by atomic mass is 16.5. The smallest absolute Gasteiger partial charge is 0.217 e. The normalized spacial score (nSPS) is 23.2. The third-order valence-corrected chi connectivity index (χ3v) is 3.77. The zero-order valence-electron chi connectivity index (χ0n) is 10.1. The lowest BCUT2D eigenvalue weighted by Crippen LogP contribution is -2.62. The molecule has 0 unspecified atom stereocenters. The van der Waals surface area contributed by atoms with Gasteiger partial charge in [0.15, 0.2) is 0 Å². The van der Waals surface area contributed by atoms with Crippen LogP contribution in [0.1, 0.15) is 18.4 Å². The number of nitrogens with zero attached hydrogens (tertiary/aromatic N) is 2. The first kappa shape index (κ1) is 11.0. The Labute approximate surface area is 101 Å². The van der Waals surface area contributed by atoms with Gasteiger partial charge in [0, 0.05) is 31.4 Å². The number of β-amino-alcohol motifs (C(OH)–C–C–N with tert-alkyl or cyclic N) is 1. The van der Waals surface area contributed by atoms with Crippen LogP contribution in [0.4, 0.5) is 0 Å². The van der Waals surface area contributed by atoms with Crippen molar-refractivity contribution in [1.82, 2.24) is 9.88 Å². The Morgan fingerprint density at radius 1 is 1.53 bits per heavy atom. The second kappa shape index (κ2) is 3.96. The summed E-state index contributed by atoms with van der Waals surface area (Å²) in [6.07, 6.45) is 4.13. The van der Waals surface area contributed by atoms with Crippen LogP contribution in [0.5, 0.6) is 5.88 Å². The monoisotopic (exact) mass is 234 g/mol. The number of aliphatic hydroxyl groups is 1. The lowest BCUT2D eigenvalue weighted by atomic mass is 9.88. The van der Waals surface area contributed by atoms with E-state index in [2.05, 4.69) is 9.88 Å². The maximum absolute atomic E-state index is 10.2. The van der Waals surface area contributed by atoms with E-state index in [1.165, 1.54) is 12.8 Å². The Kier molecular flexibility index (Phi) is 2.56. The zero-order valence-corrected chi connectivity index (χ0v) is 10.1. The summed E-state index contributed by atoms with van der Waals surface area (Å²) in [5.41, 5.74) is 0.683. The van der Waals surface area contributed by atoms with Crippen molar-refractivity contribution < 1.29 is 9.84 Å². The van der Waals surface area contributed by atoms with Crippen molar-refractivity contribution in [3.63, 3.8) is 0 Å². The molecule has 92 valence electrons. The predicted octanol–water partition coefficient (Wildman–Crippen LogP) is 1.05. The third kappa shape index (κ3) is 2.03. The number of pyridine rings is 1. The van der Waals surface area contributed by atoms with Crippen LogP contribution in [0, 0.1) is 5.92 Å². The summed E-state index contributed by atoms with van der Waals surface area (Å²) in [5.74, 6) is 1.24. The number of ether oxygens (including phenoxy) is 1. The first-order chi connectivity index (χ1) is 8.21. The molecule has 0 spiro atoms. The van der Waals surface area contributed by atoms with Crippen molar-refractivity contribution in [1.29, 1.82) is 0 Å². The molecule has 17 heavy (non-hydrogen) atoms. The lowest BCUT2D eigenvalue weighted by molar-refractivity contribution is -0.116. The van der Waals surface area contributed by atoms with Crippen LogP contribution in [0.3, 0.4) is 0 Å². The average Bonchev–Trinajstić information content (AvgIpc) is 3.11. The standard InChI is InChI=1S/C13H18N2O2/c1-17-12-10(3-2-6-14-12)7-15-8-13(16,9-15)11-4-5-11/h2-3,6,11,16H,4-5,7-9H2,1H3. The van der Waals surface area contributed by atoms with E-state index < -0.39 is 5.60 Å². The van der Waals surface area contributed by atoms with Gasteiger partial charge < -0.3 is 9.84 Å². The van der Waals surface area contributed by atoms with E-state index in [0.29, 0.717) is 11.8 Å². The molecule has 4 heteroatoms. The minimum Gasteiger partial charge on any atom is -0.481 e. The Bertz CT molecular complexity index is 412. The maximum atomic E-state index is 10.2. The molecule has 0 radical (unpaired) electrons. The summed E-state index contributed by atoms with van der Waals surface area (Å²) in [6.45, 7) is 2.39. The summed E-state index contributed by atoms with van der Waals surface area (Å²) in [7, 11) is 1.64. The molecule has 4 nitrogen and oxygen atoms in total.